The molecule has 0 bridgehead atoms. The summed E-state index contributed by atoms with van der Waals surface area (Å²) in [4.78, 5) is 25.3. The number of rotatable bonds is 9. The van der Waals surface area contributed by atoms with Crippen molar-refractivity contribution in [1.82, 2.24) is 5.32 Å². The highest BCUT2D eigenvalue weighted by Gasteiger charge is 2.26. The number of ether oxygens (including phenoxy) is 2. The zero-order valence-electron chi connectivity index (χ0n) is 20.9. The molecule has 5 nitrogen and oxygen atoms in total. The number of amides is 1. The first-order chi connectivity index (χ1) is 15.8. The largest absolute Gasteiger partial charge is 0.444 e. The molecule has 3 rings (SSSR count). The summed E-state index contributed by atoms with van der Waals surface area (Å²) < 4.78 is 11.5. The molecular weight excluding hydrogens is 414 g/mol. The van der Waals surface area contributed by atoms with Crippen LogP contribution in [-0.2, 0) is 20.9 Å². The van der Waals surface area contributed by atoms with Crippen molar-refractivity contribution in [3.05, 3.63) is 35.4 Å². The lowest BCUT2D eigenvalue weighted by molar-refractivity contribution is -0.132. The maximum absolute atomic E-state index is 13.1. The van der Waals surface area contributed by atoms with Crippen LogP contribution in [-0.4, -0.2) is 30.1 Å². The second-order valence-corrected chi connectivity index (χ2v) is 10.9. The highest BCUT2D eigenvalue weighted by atomic mass is 16.6. The van der Waals surface area contributed by atoms with Crippen LogP contribution >= 0.6 is 0 Å². The van der Waals surface area contributed by atoms with Crippen LogP contribution in [0.4, 0.5) is 4.79 Å². The van der Waals surface area contributed by atoms with E-state index in [1.807, 2.05) is 20.8 Å². The van der Waals surface area contributed by atoms with E-state index in [1.54, 1.807) is 0 Å². The summed E-state index contributed by atoms with van der Waals surface area (Å²) in [6.45, 7) is 6.00. The zero-order chi connectivity index (χ0) is 23.7. The number of carbonyl (C=O) groups excluding carboxylic acids is 2. The van der Waals surface area contributed by atoms with E-state index in [0.717, 1.165) is 18.4 Å². The van der Waals surface area contributed by atoms with Crippen molar-refractivity contribution >= 4 is 11.9 Å². The lowest BCUT2D eigenvalue weighted by atomic mass is 9.84. The molecule has 0 aromatic heterocycles. The molecule has 0 radical (unpaired) electrons. The molecule has 33 heavy (non-hydrogen) atoms. The van der Waals surface area contributed by atoms with Gasteiger partial charge in [0.15, 0.2) is 5.78 Å². The molecule has 0 unspecified atom stereocenters. The van der Waals surface area contributed by atoms with Crippen LogP contribution in [0.3, 0.4) is 0 Å². The van der Waals surface area contributed by atoms with Crippen molar-refractivity contribution in [3.8, 4) is 0 Å². The molecular formula is C28H43NO4. The van der Waals surface area contributed by atoms with Crippen molar-refractivity contribution in [2.24, 2.45) is 5.92 Å². The topological polar surface area (TPSA) is 64.6 Å². The first-order valence-electron chi connectivity index (χ1n) is 13.0. The minimum Gasteiger partial charge on any atom is -0.444 e. The Morgan fingerprint density at radius 2 is 1.67 bits per heavy atom. The molecule has 1 N–H and O–H groups in total. The monoisotopic (exact) mass is 457 g/mol. The van der Waals surface area contributed by atoms with E-state index in [2.05, 4.69) is 29.6 Å². The van der Waals surface area contributed by atoms with Crippen LogP contribution < -0.4 is 5.32 Å². The van der Waals surface area contributed by atoms with Gasteiger partial charge in [0.1, 0.15) is 11.7 Å². The summed E-state index contributed by atoms with van der Waals surface area (Å²) in [6, 6.07) is 8.62. The van der Waals surface area contributed by atoms with Gasteiger partial charge in [-0.2, -0.15) is 0 Å². The fourth-order valence-electron chi connectivity index (χ4n) is 5.13. The summed E-state index contributed by atoms with van der Waals surface area (Å²) in [5, 5.41) is 2.75. The Morgan fingerprint density at radius 1 is 1.00 bits per heavy atom. The van der Waals surface area contributed by atoms with Gasteiger partial charge in [0.2, 0.25) is 0 Å². The predicted octanol–water partition coefficient (Wildman–Crippen LogP) is 6.68. The standard InChI is InChI=1S/C28H43NO4/c1-28(2,3)33-27(31)29-19-26(25(30)18-21-11-6-4-7-12-21)32-20-22-13-10-16-24(17-22)23-14-8-5-9-15-23/h10,13,16-17,21,23,26H,4-9,11-12,14-15,18-20H2,1-3H3,(H,29,31)/t26-/m1/s1. The number of carbonyl (C=O) groups is 2. The molecule has 2 aliphatic carbocycles. The predicted molar refractivity (Wildman–Crippen MR) is 131 cm³/mol. The van der Waals surface area contributed by atoms with Crippen molar-refractivity contribution in [2.45, 2.75) is 116 Å². The van der Waals surface area contributed by atoms with Crippen LogP contribution in [0.25, 0.3) is 0 Å². The molecule has 1 amide bonds. The highest BCUT2D eigenvalue weighted by molar-refractivity contribution is 5.84. The molecule has 2 aliphatic rings. The van der Waals surface area contributed by atoms with Gasteiger partial charge in [-0.25, -0.2) is 4.79 Å². The summed E-state index contributed by atoms with van der Waals surface area (Å²) in [5.74, 6) is 1.16. The van der Waals surface area contributed by atoms with Gasteiger partial charge in [-0.15, -0.1) is 0 Å². The third kappa shape index (κ3) is 9.11. The first-order valence-corrected chi connectivity index (χ1v) is 13.0. The van der Waals surface area contributed by atoms with Gasteiger partial charge in [0, 0.05) is 6.42 Å². The van der Waals surface area contributed by atoms with Crippen LogP contribution in [0.2, 0.25) is 0 Å². The number of alkyl carbamates (subject to hydrolysis) is 1. The third-order valence-corrected chi connectivity index (χ3v) is 6.88. The van der Waals surface area contributed by atoms with E-state index >= 15 is 0 Å². The van der Waals surface area contributed by atoms with E-state index < -0.39 is 17.8 Å². The van der Waals surface area contributed by atoms with Gasteiger partial charge in [-0.1, -0.05) is 75.6 Å². The second-order valence-electron chi connectivity index (χ2n) is 10.9. The van der Waals surface area contributed by atoms with Crippen LogP contribution in [0.1, 0.15) is 108 Å². The molecule has 0 saturated heterocycles. The highest BCUT2D eigenvalue weighted by Crippen LogP contribution is 2.33. The van der Waals surface area contributed by atoms with E-state index in [-0.39, 0.29) is 12.3 Å². The minimum absolute atomic E-state index is 0.0846. The molecule has 1 aromatic carbocycles. The lowest BCUT2D eigenvalue weighted by Crippen LogP contribution is -2.41. The summed E-state index contributed by atoms with van der Waals surface area (Å²) in [5.41, 5.74) is 1.89. The fourth-order valence-corrected chi connectivity index (χ4v) is 5.13. The summed E-state index contributed by atoms with van der Waals surface area (Å²) in [7, 11) is 0. The van der Waals surface area contributed by atoms with Crippen LogP contribution in [0.15, 0.2) is 24.3 Å². The summed E-state index contributed by atoms with van der Waals surface area (Å²) >= 11 is 0. The number of nitrogens with one attached hydrogen (secondary N) is 1. The number of Topliss-reactive ketones (excluding diaryl/α,β-unsaturated/α-hetero) is 1. The van der Waals surface area contributed by atoms with Gasteiger partial charge >= 0.3 is 6.09 Å². The SMILES string of the molecule is CC(C)(C)OC(=O)NC[C@@H](OCc1cccc(C2CCCCC2)c1)C(=O)CC1CCCCC1. The van der Waals surface area contributed by atoms with E-state index in [4.69, 9.17) is 9.47 Å². The van der Waals surface area contributed by atoms with E-state index in [0.29, 0.717) is 24.9 Å². The second kappa shape index (κ2) is 12.5. The molecule has 1 atom stereocenters. The molecule has 1 aromatic rings. The van der Waals surface area contributed by atoms with Gasteiger partial charge in [-0.3, -0.25) is 4.79 Å². The maximum Gasteiger partial charge on any atom is 0.407 e. The summed E-state index contributed by atoms with van der Waals surface area (Å²) in [6.07, 6.45) is 11.7. The maximum atomic E-state index is 13.1. The lowest BCUT2D eigenvalue weighted by Gasteiger charge is -2.25. The Morgan fingerprint density at radius 3 is 2.33 bits per heavy atom. The van der Waals surface area contributed by atoms with Gasteiger partial charge in [0.05, 0.1) is 13.2 Å². The van der Waals surface area contributed by atoms with Crippen molar-refractivity contribution in [2.75, 3.05) is 6.54 Å². The minimum atomic E-state index is -0.655. The quantitative estimate of drug-likeness (QED) is 0.449. The first kappa shape index (κ1) is 25.7. The average molecular weight is 458 g/mol. The number of benzene rings is 1. The number of hydrogen-bond acceptors (Lipinski definition) is 4. The Labute approximate surface area is 200 Å². The molecule has 0 aliphatic heterocycles. The fraction of sp³-hybridized carbons (Fsp3) is 0.714. The van der Waals surface area contributed by atoms with Gasteiger partial charge < -0.3 is 14.8 Å². The zero-order valence-corrected chi connectivity index (χ0v) is 20.9. The Hall–Kier alpha value is -1.88. The van der Waals surface area contributed by atoms with Crippen LogP contribution in [0.5, 0.6) is 0 Å². The normalized spacial score (nSPS) is 19.1. The molecule has 2 saturated carbocycles. The Kier molecular flexibility index (Phi) is 9.78. The van der Waals surface area contributed by atoms with Crippen molar-refractivity contribution in [3.63, 3.8) is 0 Å². The van der Waals surface area contributed by atoms with Gasteiger partial charge in [-0.05, 0) is 56.6 Å². The smallest absolute Gasteiger partial charge is 0.407 e. The molecule has 2 fully saturated rings. The van der Waals surface area contributed by atoms with Gasteiger partial charge in [0.25, 0.3) is 0 Å². The molecule has 0 spiro atoms. The number of hydrogen-bond donors (Lipinski definition) is 1. The Balaban J connectivity index is 1.60. The van der Waals surface area contributed by atoms with Crippen molar-refractivity contribution < 1.29 is 19.1 Å². The van der Waals surface area contributed by atoms with Crippen molar-refractivity contribution in [1.29, 1.82) is 0 Å². The Bertz CT molecular complexity index is 757. The molecule has 5 heteroatoms. The van der Waals surface area contributed by atoms with E-state index in [1.165, 1.54) is 56.9 Å². The third-order valence-electron chi connectivity index (χ3n) is 6.88. The van der Waals surface area contributed by atoms with Crippen LogP contribution in [0, 0.1) is 5.92 Å². The molecule has 0 heterocycles. The average Bonchev–Trinajstić information content (AvgIpc) is 2.79. The van der Waals surface area contributed by atoms with E-state index in [9.17, 15) is 9.59 Å². The molecule has 184 valence electrons. The number of ketones is 1.